The largest absolute Gasteiger partial charge is 0.481 e. The van der Waals surface area contributed by atoms with E-state index in [0.717, 1.165) is 6.20 Å². The molecule has 15 heavy (non-hydrogen) atoms. The molecule has 0 amide bonds. The molecule has 0 bridgehead atoms. The molecule has 6 heteroatoms. The Kier molecular flexibility index (Phi) is 3.99. The number of halogens is 2. The summed E-state index contributed by atoms with van der Waals surface area (Å²) in [5, 5.41) is 8.86. The molecule has 4 nitrogen and oxygen atoms in total. The smallest absolute Gasteiger partial charge is 0.304 e. The minimum atomic E-state index is -1.04. The van der Waals surface area contributed by atoms with Crippen LogP contribution in [0.5, 0.6) is 0 Å². The molecule has 1 unspecified atom stereocenters. The number of hydrogen-bond acceptors (Lipinski definition) is 3. The lowest BCUT2D eigenvalue weighted by Gasteiger charge is -2.12. The van der Waals surface area contributed by atoms with Gasteiger partial charge in [-0.3, -0.25) is 4.79 Å². The van der Waals surface area contributed by atoms with Gasteiger partial charge in [0.05, 0.1) is 11.4 Å². The molecule has 0 fully saturated rings. The van der Waals surface area contributed by atoms with E-state index in [2.05, 4.69) is 4.98 Å². The second kappa shape index (κ2) is 5.04. The highest BCUT2D eigenvalue weighted by Crippen LogP contribution is 2.23. The summed E-state index contributed by atoms with van der Waals surface area (Å²) in [6.45, 7) is 0.0330. The van der Waals surface area contributed by atoms with Gasteiger partial charge in [-0.15, -0.1) is 0 Å². The van der Waals surface area contributed by atoms with Gasteiger partial charge in [0.15, 0.2) is 0 Å². The van der Waals surface area contributed by atoms with Gasteiger partial charge in [-0.2, -0.15) is 4.39 Å². The first-order chi connectivity index (χ1) is 7.04. The van der Waals surface area contributed by atoms with Crippen LogP contribution in [0, 0.1) is 5.95 Å². The van der Waals surface area contributed by atoms with Crippen molar-refractivity contribution in [2.75, 3.05) is 6.54 Å². The zero-order chi connectivity index (χ0) is 11.4. The minimum absolute atomic E-state index is 0.0330. The number of carboxylic acid groups (broad SMARTS) is 1. The molecule has 0 aliphatic carbocycles. The van der Waals surface area contributed by atoms with Crippen molar-refractivity contribution in [2.45, 2.75) is 12.3 Å². The van der Waals surface area contributed by atoms with Crippen molar-refractivity contribution in [3.63, 3.8) is 0 Å². The van der Waals surface area contributed by atoms with Gasteiger partial charge in [0.1, 0.15) is 0 Å². The van der Waals surface area contributed by atoms with Gasteiger partial charge in [0.2, 0.25) is 5.95 Å². The van der Waals surface area contributed by atoms with Crippen molar-refractivity contribution in [1.82, 2.24) is 4.98 Å². The van der Waals surface area contributed by atoms with E-state index in [-0.39, 0.29) is 23.6 Å². The quantitative estimate of drug-likeness (QED) is 0.770. The number of carboxylic acids is 1. The molecule has 0 saturated carbocycles. The molecule has 1 heterocycles. The summed E-state index contributed by atoms with van der Waals surface area (Å²) in [5.41, 5.74) is 5.52. The van der Waals surface area contributed by atoms with E-state index < -0.39 is 17.8 Å². The van der Waals surface area contributed by atoms with E-state index in [1.165, 1.54) is 6.07 Å². The van der Waals surface area contributed by atoms with E-state index in [9.17, 15) is 9.18 Å². The van der Waals surface area contributed by atoms with Gasteiger partial charge in [-0.25, -0.2) is 4.98 Å². The molecule has 0 aliphatic rings. The average Bonchev–Trinajstić information content (AvgIpc) is 2.18. The van der Waals surface area contributed by atoms with Crippen LogP contribution in [0.2, 0.25) is 5.02 Å². The van der Waals surface area contributed by atoms with Crippen LogP contribution in [-0.2, 0) is 4.79 Å². The fourth-order valence-corrected chi connectivity index (χ4v) is 1.42. The third-order valence-corrected chi connectivity index (χ3v) is 2.18. The molecule has 0 spiro atoms. The molecule has 1 aromatic rings. The lowest BCUT2D eigenvalue weighted by atomic mass is 9.97. The molecule has 82 valence electrons. The fourth-order valence-electron chi connectivity index (χ4n) is 1.26. The van der Waals surface area contributed by atoms with E-state index in [0.29, 0.717) is 0 Å². The topological polar surface area (TPSA) is 76.2 Å². The molecule has 1 atom stereocenters. The Morgan fingerprint density at radius 1 is 1.73 bits per heavy atom. The first-order valence-corrected chi connectivity index (χ1v) is 4.65. The maximum absolute atomic E-state index is 13.2. The fraction of sp³-hybridized carbons (Fsp3) is 0.333. The molecule has 0 aliphatic heterocycles. The zero-order valence-electron chi connectivity index (χ0n) is 7.78. The maximum atomic E-state index is 13.2. The van der Waals surface area contributed by atoms with Crippen LogP contribution in [0.15, 0.2) is 12.3 Å². The van der Waals surface area contributed by atoms with Crippen LogP contribution < -0.4 is 5.73 Å². The van der Waals surface area contributed by atoms with Gasteiger partial charge < -0.3 is 10.8 Å². The van der Waals surface area contributed by atoms with Crippen molar-refractivity contribution >= 4 is 17.6 Å². The summed E-state index contributed by atoms with van der Waals surface area (Å²) in [6.07, 6.45) is 0.921. The van der Waals surface area contributed by atoms with Crippen LogP contribution in [0.25, 0.3) is 0 Å². The first-order valence-electron chi connectivity index (χ1n) is 4.27. The number of aliphatic carboxylic acids is 1. The van der Waals surface area contributed by atoms with Gasteiger partial charge in [-0.05, 0) is 12.6 Å². The zero-order valence-corrected chi connectivity index (χ0v) is 8.54. The predicted octanol–water partition coefficient (Wildman–Crippen LogP) is 1.39. The summed E-state index contributed by atoms with van der Waals surface area (Å²) >= 11 is 5.64. The van der Waals surface area contributed by atoms with Gasteiger partial charge in [0.25, 0.3) is 0 Å². The summed E-state index contributed by atoms with van der Waals surface area (Å²) in [5.74, 6) is -2.37. The maximum Gasteiger partial charge on any atom is 0.304 e. The lowest BCUT2D eigenvalue weighted by Crippen LogP contribution is -2.18. The molecule has 0 saturated heterocycles. The Hall–Kier alpha value is -1.20. The van der Waals surface area contributed by atoms with Gasteiger partial charge >= 0.3 is 5.97 Å². The normalized spacial score (nSPS) is 12.5. The molecular weight excluding hydrogens is 223 g/mol. The van der Waals surface area contributed by atoms with Crippen LogP contribution in [-0.4, -0.2) is 22.6 Å². The van der Waals surface area contributed by atoms with Crippen LogP contribution in [0.1, 0.15) is 17.9 Å². The average molecular weight is 233 g/mol. The monoisotopic (exact) mass is 232 g/mol. The summed E-state index contributed by atoms with van der Waals surface area (Å²) in [6, 6.07) is 1.35. The SMILES string of the molecule is NCC(CC(=O)O)c1cc(Cl)cnc1F. The van der Waals surface area contributed by atoms with Crippen LogP contribution in [0.3, 0.4) is 0 Å². The van der Waals surface area contributed by atoms with E-state index in [1.807, 2.05) is 0 Å². The van der Waals surface area contributed by atoms with E-state index in [1.54, 1.807) is 0 Å². The number of carbonyl (C=O) groups is 1. The summed E-state index contributed by atoms with van der Waals surface area (Å²) in [7, 11) is 0. The third kappa shape index (κ3) is 3.14. The summed E-state index contributed by atoms with van der Waals surface area (Å²) in [4.78, 5) is 13.9. The number of nitrogens with zero attached hydrogens (tertiary/aromatic N) is 1. The number of rotatable bonds is 4. The van der Waals surface area contributed by atoms with Gasteiger partial charge in [0, 0.05) is 17.7 Å². The highest BCUT2D eigenvalue weighted by molar-refractivity contribution is 6.30. The third-order valence-electron chi connectivity index (χ3n) is 1.98. The number of pyridine rings is 1. The molecule has 1 rings (SSSR count). The molecule has 0 aromatic carbocycles. The second-order valence-corrected chi connectivity index (χ2v) is 3.50. The lowest BCUT2D eigenvalue weighted by molar-refractivity contribution is -0.137. The standard InChI is InChI=1S/C9H10ClFN2O2/c10-6-2-7(9(11)13-4-6)5(3-12)1-8(14)15/h2,4-5H,1,3,12H2,(H,14,15). The van der Waals surface area contributed by atoms with Crippen LogP contribution in [0.4, 0.5) is 4.39 Å². The highest BCUT2D eigenvalue weighted by atomic mass is 35.5. The molecular formula is C9H10ClFN2O2. The second-order valence-electron chi connectivity index (χ2n) is 3.06. The molecule has 0 radical (unpaired) electrons. The van der Waals surface area contributed by atoms with E-state index in [4.69, 9.17) is 22.4 Å². The van der Waals surface area contributed by atoms with Crippen molar-refractivity contribution in [2.24, 2.45) is 5.73 Å². The molecule has 3 N–H and O–H groups in total. The number of nitrogens with two attached hydrogens (primary N) is 1. The van der Waals surface area contributed by atoms with Crippen molar-refractivity contribution in [3.8, 4) is 0 Å². The van der Waals surface area contributed by atoms with Crippen LogP contribution >= 0.6 is 11.6 Å². The Balaban J connectivity index is 3.00. The number of hydrogen-bond donors (Lipinski definition) is 2. The van der Waals surface area contributed by atoms with Gasteiger partial charge in [-0.1, -0.05) is 11.6 Å². The Labute approximate surface area is 90.9 Å². The Bertz CT molecular complexity index is 373. The van der Waals surface area contributed by atoms with Crippen molar-refractivity contribution in [1.29, 1.82) is 0 Å². The summed E-state index contributed by atoms with van der Waals surface area (Å²) < 4.78 is 13.2. The van der Waals surface area contributed by atoms with Crippen molar-refractivity contribution in [3.05, 3.63) is 28.8 Å². The predicted molar refractivity (Wildman–Crippen MR) is 53.3 cm³/mol. The van der Waals surface area contributed by atoms with Crippen molar-refractivity contribution < 1.29 is 14.3 Å². The Morgan fingerprint density at radius 2 is 2.40 bits per heavy atom. The minimum Gasteiger partial charge on any atom is -0.481 e. The number of aromatic nitrogens is 1. The highest BCUT2D eigenvalue weighted by Gasteiger charge is 2.18. The van der Waals surface area contributed by atoms with E-state index >= 15 is 0 Å². The first kappa shape index (κ1) is 11.9. The molecule has 1 aromatic heterocycles. The Morgan fingerprint density at radius 3 is 2.93 bits per heavy atom.